The third-order valence-electron chi connectivity index (χ3n) is 3.69. The summed E-state index contributed by atoms with van der Waals surface area (Å²) in [6.45, 7) is 2.04. The Morgan fingerprint density at radius 3 is 2.65 bits per heavy atom. The average molecular weight is 438 g/mol. The van der Waals surface area contributed by atoms with Gasteiger partial charge in [0.15, 0.2) is 6.61 Å². The second-order valence-electron chi connectivity index (χ2n) is 5.78. The van der Waals surface area contributed by atoms with Crippen molar-refractivity contribution in [3.8, 4) is 5.75 Å². The summed E-state index contributed by atoms with van der Waals surface area (Å²) in [6, 6.07) is 15.0. The highest BCUT2D eigenvalue weighted by Crippen LogP contribution is 2.27. The van der Waals surface area contributed by atoms with Crippen LogP contribution in [0.25, 0.3) is 0 Å². The lowest BCUT2D eigenvalue weighted by molar-refractivity contribution is -0.123. The number of nitrogens with zero attached hydrogens (tertiary/aromatic N) is 1. The van der Waals surface area contributed by atoms with E-state index in [0.717, 1.165) is 37.0 Å². The number of benzene rings is 2. The molecule has 0 radical (unpaired) electrons. The molecular formula is C20H22BrClN2O2. The molecule has 0 unspecified atom stereocenters. The molecule has 0 aromatic heterocycles. The minimum absolute atomic E-state index is 0.124. The molecule has 0 aliphatic carbocycles. The van der Waals surface area contributed by atoms with E-state index < -0.39 is 0 Å². The van der Waals surface area contributed by atoms with Gasteiger partial charge >= 0.3 is 0 Å². The fraction of sp³-hybridized carbons (Fsp3) is 0.300. The number of ether oxygens (including phenoxy) is 1. The standard InChI is InChI=1S/C20H22BrClN2O2/c1-2-3-5-10-18(15-8-6-4-7-9-15)23-24-20(25)14-26-19-12-11-16(22)13-17(19)21/h4,6-9,11-13H,2-3,5,10,14H2,1H3,(H,24,25)/b23-18+. The number of nitrogens with one attached hydrogen (secondary N) is 1. The van der Waals surface area contributed by atoms with Crippen molar-refractivity contribution in [1.82, 2.24) is 5.43 Å². The van der Waals surface area contributed by atoms with Crippen LogP contribution in [0.5, 0.6) is 5.75 Å². The molecule has 138 valence electrons. The van der Waals surface area contributed by atoms with Crippen molar-refractivity contribution in [2.75, 3.05) is 6.61 Å². The normalized spacial score (nSPS) is 11.3. The zero-order valence-corrected chi connectivity index (χ0v) is 17.0. The van der Waals surface area contributed by atoms with E-state index in [1.807, 2.05) is 30.3 Å². The van der Waals surface area contributed by atoms with E-state index in [4.69, 9.17) is 16.3 Å². The Kier molecular flexibility index (Phi) is 8.65. The van der Waals surface area contributed by atoms with E-state index >= 15 is 0 Å². The van der Waals surface area contributed by atoms with Crippen LogP contribution in [0.3, 0.4) is 0 Å². The van der Waals surface area contributed by atoms with Crippen molar-refractivity contribution in [3.63, 3.8) is 0 Å². The SMILES string of the molecule is CCCCC/C(=N\NC(=O)COc1ccc(Cl)cc1Br)c1ccccc1. The summed E-state index contributed by atoms with van der Waals surface area (Å²) in [7, 11) is 0. The maximum atomic E-state index is 12.1. The molecule has 0 saturated heterocycles. The second-order valence-corrected chi connectivity index (χ2v) is 7.07. The molecule has 0 fully saturated rings. The third-order valence-corrected chi connectivity index (χ3v) is 4.55. The van der Waals surface area contributed by atoms with Crippen LogP contribution >= 0.6 is 27.5 Å². The summed E-state index contributed by atoms with van der Waals surface area (Å²) in [5, 5.41) is 4.91. The molecular weight excluding hydrogens is 416 g/mol. The largest absolute Gasteiger partial charge is 0.483 e. The number of carbonyl (C=O) groups is 1. The van der Waals surface area contributed by atoms with Crippen molar-refractivity contribution in [2.24, 2.45) is 5.10 Å². The molecule has 1 amide bonds. The van der Waals surface area contributed by atoms with Gasteiger partial charge < -0.3 is 4.74 Å². The van der Waals surface area contributed by atoms with Crippen LogP contribution in [-0.2, 0) is 4.79 Å². The molecule has 0 aliphatic rings. The van der Waals surface area contributed by atoms with Gasteiger partial charge in [-0.3, -0.25) is 4.79 Å². The van der Waals surface area contributed by atoms with Gasteiger partial charge in [0.25, 0.3) is 5.91 Å². The van der Waals surface area contributed by atoms with E-state index in [2.05, 4.69) is 33.4 Å². The molecule has 0 spiro atoms. The summed E-state index contributed by atoms with van der Waals surface area (Å²) >= 11 is 9.25. The van der Waals surface area contributed by atoms with Gasteiger partial charge in [0.2, 0.25) is 0 Å². The van der Waals surface area contributed by atoms with Crippen LogP contribution in [0.4, 0.5) is 0 Å². The molecule has 26 heavy (non-hydrogen) atoms. The van der Waals surface area contributed by atoms with Gasteiger partial charge in [0.05, 0.1) is 10.2 Å². The monoisotopic (exact) mass is 436 g/mol. The minimum atomic E-state index is -0.309. The maximum Gasteiger partial charge on any atom is 0.277 e. The summed E-state index contributed by atoms with van der Waals surface area (Å²) in [5.74, 6) is 0.246. The summed E-state index contributed by atoms with van der Waals surface area (Å²) in [5.41, 5.74) is 4.49. The van der Waals surface area contributed by atoms with Crippen LogP contribution in [-0.4, -0.2) is 18.2 Å². The molecule has 1 N–H and O–H groups in total. The predicted octanol–water partition coefficient (Wildman–Crippen LogP) is 5.58. The van der Waals surface area contributed by atoms with Gasteiger partial charge in [0.1, 0.15) is 5.75 Å². The molecule has 2 rings (SSSR count). The molecule has 0 bridgehead atoms. The number of rotatable bonds is 9. The molecule has 2 aromatic carbocycles. The van der Waals surface area contributed by atoms with Gasteiger partial charge in [-0.25, -0.2) is 5.43 Å². The number of amides is 1. The van der Waals surface area contributed by atoms with E-state index in [9.17, 15) is 4.79 Å². The van der Waals surface area contributed by atoms with Crippen LogP contribution in [0.15, 0.2) is 58.1 Å². The predicted molar refractivity (Wildman–Crippen MR) is 110 cm³/mol. The maximum absolute atomic E-state index is 12.1. The first-order valence-corrected chi connectivity index (χ1v) is 9.76. The number of hydrogen-bond acceptors (Lipinski definition) is 3. The van der Waals surface area contributed by atoms with Crippen molar-refractivity contribution < 1.29 is 9.53 Å². The van der Waals surface area contributed by atoms with Crippen molar-refractivity contribution >= 4 is 39.1 Å². The summed E-state index contributed by atoms with van der Waals surface area (Å²) in [4.78, 5) is 12.1. The molecule has 6 heteroatoms. The highest BCUT2D eigenvalue weighted by molar-refractivity contribution is 9.10. The number of carbonyl (C=O) groups excluding carboxylic acids is 1. The van der Waals surface area contributed by atoms with Gasteiger partial charge in [-0.2, -0.15) is 5.10 Å². The van der Waals surface area contributed by atoms with Crippen molar-refractivity contribution in [1.29, 1.82) is 0 Å². The fourth-order valence-corrected chi connectivity index (χ4v) is 3.13. The van der Waals surface area contributed by atoms with Gasteiger partial charge in [-0.1, -0.05) is 61.7 Å². The van der Waals surface area contributed by atoms with Crippen molar-refractivity contribution in [3.05, 3.63) is 63.6 Å². The lowest BCUT2D eigenvalue weighted by atomic mass is 10.0. The molecule has 0 saturated carbocycles. The van der Waals surface area contributed by atoms with Crippen LogP contribution in [0.1, 0.15) is 38.2 Å². The number of unbranched alkanes of at least 4 members (excludes halogenated alkanes) is 2. The molecule has 0 heterocycles. The Balaban J connectivity index is 1.95. The Morgan fingerprint density at radius 2 is 1.96 bits per heavy atom. The number of halogens is 2. The van der Waals surface area contributed by atoms with Gasteiger partial charge in [0, 0.05) is 5.02 Å². The average Bonchev–Trinajstić information content (AvgIpc) is 2.64. The topological polar surface area (TPSA) is 50.7 Å². The second kappa shape index (κ2) is 11.0. The lowest BCUT2D eigenvalue weighted by Gasteiger charge is -2.09. The highest BCUT2D eigenvalue weighted by atomic mass is 79.9. The summed E-state index contributed by atoms with van der Waals surface area (Å²) < 4.78 is 6.20. The van der Waals surface area contributed by atoms with Crippen molar-refractivity contribution in [2.45, 2.75) is 32.6 Å². The van der Waals surface area contributed by atoms with E-state index in [1.165, 1.54) is 0 Å². The Morgan fingerprint density at radius 1 is 1.19 bits per heavy atom. The Hall–Kier alpha value is -1.85. The van der Waals surface area contributed by atoms with E-state index in [0.29, 0.717) is 15.2 Å². The first-order chi connectivity index (χ1) is 12.6. The number of hydrazone groups is 1. The molecule has 0 atom stereocenters. The molecule has 0 aliphatic heterocycles. The van der Waals surface area contributed by atoms with E-state index in [-0.39, 0.29) is 12.5 Å². The fourth-order valence-electron chi connectivity index (χ4n) is 2.34. The zero-order valence-electron chi connectivity index (χ0n) is 14.7. The van der Waals surface area contributed by atoms with Gasteiger partial charge in [-0.05, 0) is 52.5 Å². The summed E-state index contributed by atoms with van der Waals surface area (Å²) in [6.07, 6.45) is 4.13. The van der Waals surface area contributed by atoms with Crippen LogP contribution < -0.4 is 10.2 Å². The quantitative estimate of drug-likeness (QED) is 0.316. The molecule has 2 aromatic rings. The highest BCUT2D eigenvalue weighted by Gasteiger charge is 2.08. The van der Waals surface area contributed by atoms with Gasteiger partial charge in [-0.15, -0.1) is 0 Å². The first-order valence-electron chi connectivity index (χ1n) is 8.59. The lowest BCUT2D eigenvalue weighted by Crippen LogP contribution is -2.26. The first kappa shape index (κ1) is 20.5. The molecule has 4 nitrogen and oxygen atoms in total. The smallest absolute Gasteiger partial charge is 0.277 e. The van der Waals surface area contributed by atoms with Crippen LogP contribution in [0.2, 0.25) is 5.02 Å². The number of hydrogen-bond donors (Lipinski definition) is 1. The Labute approximate surface area is 167 Å². The minimum Gasteiger partial charge on any atom is -0.483 e. The van der Waals surface area contributed by atoms with Crippen LogP contribution in [0, 0.1) is 0 Å². The Bertz CT molecular complexity index is 751. The van der Waals surface area contributed by atoms with E-state index in [1.54, 1.807) is 18.2 Å². The third kappa shape index (κ3) is 6.81. The zero-order chi connectivity index (χ0) is 18.8.